The van der Waals surface area contributed by atoms with Crippen LogP contribution in [0.4, 0.5) is 0 Å². The Morgan fingerprint density at radius 3 is 2.48 bits per heavy atom. The first-order chi connectivity index (χ1) is 11.8. The Kier molecular flexibility index (Phi) is 7.45. The summed E-state index contributed by atoms with van der Waals surface area (Å²) in [5.41, 5.74) is 0.655. The third-order valence-electron chi connectivity index (χ3n) is 4.10. The van der Waals surface area contributed by atoms with Crippen LogP contribution in [0.15, 0.2) is 24.3 Å². The molecule has 0 bridgehead atoms. The number of benzene rings is 1. The molecule has 0 aliphatic heterocycles. The zero-order chi connectivity index (χ0) is 18.3. The van der Waals surface area contributed by atoms with E-state index in [0.29, 0.717) is 23.2 Å². The number of halogens is 1. The van der Waals surface area contributed by atoms with Gasteiger partial charge in [0, 0.05) is 22.5 Å². The maximum Gasteiger partial charge on any atom is 0.265 e. The lowest BCUT2D eigenvalue weighted by atomic mass is 9.86. The number of rotatable bonds is 6. The van der Waals surface area contributed by atoms with E-state index in [1.165, 1.54) is 0 Å². The van der Waals surface area contributed by atoms with Crippen LogP contribution in [-0.2, 0) is 14.3 Å². The van der Waals surface area contributed by atoms with Crippen LogP contribution in [0.5, 0.6) is 0 Å². The van der Waals surface area contributed by atoms with Crippen molar-refractivity contribution in [2.75, 3.05) is 19.4 Å². The molecule has 1 saturated carbocycles. The molecule has 1 aliphatic carbocycles. The largest absolute Gasteiger partial charge is 0.307 e. The second-order valence-corrected chi connectivity index (χ2v) is 8.23. The Bertz CT molecular complexity index is 742. The van der Waals surface area contributed by atoms with Crippen LogP contribution in [0.25, 0.3) is 0 Å². The molecule has 1 aromatic rings. The lowest BCUT2D eigenvalue weighted by Crippen LogP contribution is -2.36. The Morgan fingerprint density at radius 2 is 1.88 bits per heavy atom. The number of carbonyl (C=O) groups is 1. The van der Waals surface area contributed by atoms with E-state index in [1.54, 1.807) is 24.3 Å². The Balaban J connectivity index is 1.69. The zero-order valence-corrected chi connectivity index (χ0v) is 15.7. The molecule has 0 heterocycles. The van der Waals surface area contributed by atoms with Gasteiger partial charge in [-0.15, -0.1) is 0 Å². The van der Waals surface area contributed by atoms with Gasteiger partial charge in [0.05, 0.1) is 12.8 Å². The van der Waals surface area contributed by atoms with Crippen molar-refractivity contribution < 1.29 is 17.4 Å². The van der Waals surface area contributed by atoms with E-state index in [9.17, 15) is 13.2 Å². The van der Waals surface area contributed by atoms with Gasteiger partial charge in [-0.3, -0.25) is 8.98 Å². The minimum atomic E-state index is -3.43. The lowest BCUT2D eigenvalue weighted by Gasteiger charge is -2.26. The average molecular weight is 384 g/mol. The van der Waals surface area contributed by atoms with Gasteiger partial charge in [0.25, 0.3) is 10.1 Å². The van der Waals surface area contributed by atoms with Crippen molar-refractivity contribution in [2.45, 2.75) is 31.7 Å². The molecule has 0 amide bonds. The van der Waals surface area contributed by atoms with E-state index in [4.69, 9.17) is 11.6 Å². The molecule has 0 spiro atoms. The van der Waals surface area contributed by atoms with Crippen molar-refractivity contribution in [1.82, 2.24) is 5.32 Å². The van der Waals surface area contributed by atoms with Gasteiger partial charge in [0.1, 0.15) is 6.61 Å². The standard InChI is InChI=1S/C18H22ClNO4S/c1-25(22,23)24-12-2-3-14-4-10-17(11-5-14)20-13-18(21)15-6-8-16(19)9-7-15/h6-9,14,17,20H,4-5,10-13H2,1H3. The number of nitrogens with one attached hydrogen (secondary N) is 1. The highest BCUT2D eigenvalue weighted by atomic mass is 35.5. The molecule has 0 unspecified atom stereocenters. The molecule has 0 aromatic heterocycles. The van der Waals surface area contributed by atoms with Gasteiger partial charge in [-0.05, 0) is 49.9 Å². The topological polar surface area (TPSA) is 72.5 Å². The summed E-state index contributed by atoms with van der Waals surface area (Å²) in [6.07, 6.45) is 4.76. The van der Waals surface area contributed by atoms with Crippen LogP contribution in [0.1, 0.15) is 36.0 Å². The van der Waals surface area contributed by atoms with Crippen molar-refractivity contribution in [1.29, 1.82) is 0 Å². The molecule has 1 aromatic carbocycles. The van der Waals surface area contributed by atoms with Gasteiger partial charge in [0.15, 0.2) is 5.78 Å². The van der Waals surface area contributed by atoms with Gasteiger partial charge >= 0.3 is 0 Å². The van der Waals surface area contributed by atoms with Crippen molar-refractivity contribution >= 4 is 27.5 Å². The fraction of sp³-hybridized carbons (Fsp3) is 0.500. The summed E-state index contributed by atoms with van der Waals surface area (Å²) in [6.45, 7) is 0.220. The SMILES string of the molecule is CS(=O)(=O)OCC#CC1CCC(NCC(=O)c2ccc(Cl)cc2)CC1. The fourth-order valence-corrected chi connectivity index (χ4v) is 3.14. The molecule has 0 atom stereocenters. The van der Waals surface area contributed by atoms with Gasteiger partial charge in [0.2, 0.25) is 0 Å². The third-order valence-corrected chi connectivity index (χ3v) is 4.89. The van der Waals surface area contributed by atoms with Crippen molar-refractivity contribution in [2.24, 2.45) is 5.92 Å². The number of ketones is 1. The van der Waals surface area contributed by atoms with Gasteiger partial charge in [-0.1, -0.05) is 23.4 Å². The van der Waals surface area contributed by atoms with Crippen LogP contribution in [0.3, 0.4) is 0 Å². The van der Waals surface area contributed by atoms with E-state index in [-0.39, 0.29) is 18.3 Å². The molecule has 1 N–H and O–H groups in total. The van der Waals surface area contributed by atoms with Crippen molar-refractivity contribution in [3.63, 3.8) is 0 Å². The molecular formula is C18H22ClNO4S. The number of hydrogen-bond donors (Lipinski definition) is 1. The predicted molar refractivity (Wildman–Crippen MR) is 98.1 cm³/mol. The molecule has 0 radical (unpaired) electrons. The second kappa shape index (κ2) is 9.35. The molecule has 1 aliphatic rings. The lowest BCUT2D eigenvalue weighted by molar-refractivity contribution is 0.0984. The van der Waals surface area contributed by atoms with Crippen LogP contribution in [0.2, 0.25) is 5.02 Å². The summed E-state index contributed by atoms with van der Waals surface area (Å²) in [6, 6.07) is 7.20. The van der Waals surface area contributed by atoms with E-state index in [2.05, 4.69) is 21.3 Å². The maximum absolute atomic E-state index is 12.1. The molecule has 5 nitrogen and oxygen atoms in total. The summed E-state index contributed by atoms with van der Waals surface area (Å²) >= 11 is 5.82. The quantitative estimate of drug-likeness (QED) is 0.464. The van der Waals surface area contributed by atoms with E-state index in [1.807, 2.05) is 0 Å². The first kappa shape index (κ1) is 19.9. The number of Topliss-reactive ketones (excluding diaryl/α,β-unsaturated/α-hetero) is 1. The van der Waals surface area contributed by atoms with Gasteiger partial charge in [-0.2, -0.15) is 8.42 Å². The fourth-order valence-electron chi connectivity index (χ4n) is 2.74. The highest BCUT2D eigenvalue weighted by Gasteiger charge is 2.20. The highest BCUT2D eigenvalue weighted by molar-refractivity contribution is 7.86. The highest BCUT2D eigenvalue weighted by Crippen LogP contribution is 2.23. The Hall–Kier alpha value is -1.39. The predicted octanol–water partition coefficient (Wildman–Crippen LogP) is 2.65. The number of carbonyl (C=O) groups excluding carboxylic acids is 1. The van der Waals surface area contributed by atoms with Crippen molar-refractivity contribution in [3.05, 3.63) is 34.9 Å². The van der Waals surface area contributed by atoms with Gasteiger partial charge in [-0.25, -0.2) is 0 Å². The van der Waals surface area contributed by atoms with E-state index in [0.717, 1.165) is 31.9 Å². The Labute approximate surface area is 154 Å². The summed E-state index contributed by atoms with van der Waals surface area (Å²) in [5.74, 6) is 6.14. The maximum atomic E-state index is 12.1. The third kappa shape index (κ3) is 7.57. The number of hydrogen-bond acceptors (Lipinski definition) is 5. The normalized spacial score (nSPS) is 20.6. The van der Waals surface area contributed by atoms with E-state index >= 15 is 0 Å². The van der Waals surface area contributed by atoms with Crippen LogP contribution in [0, 0.1) is 17.8 Å². The van der Waals surface area contributed by atoms with Crippen LogP contribution < -0.4 is 5.32 Å². The smallest absolute Gasteiger partial charge is 0.265 e. The molecular weight excluding hydrogens is 362 g/mol. The Morgan fingerprint density at radius 1 is 1.24 bits per heavy atom. The van der Waals surface area contributed by atoms with Crippen LogP contribution >= 0.6 is 11.6 Å². The summed E-state index contributed by atoms with van der Waals surface area (Å²) < 4.78 is 26.3. The average Bonchev–Trinajstić information content (AvgIpc) is 2.57. The molecule has 2 rings (SSSR count). The second-order valence-electron chi connectivity index (χ2n) is 6.15. The summed E-state index contributed by atoms with van der Waals surface area (Å²) in [7, 11) is -3.43. The van der Waals surface area contributed by atoms with Crippen molar-refractivity contribution in [3.8, 4) is 11.8 Å². The summed E-state index contributed by atoms with van der Waals surface area (Å²) in [4.78, 5) is 12.1. The zero-order valence-electron chi connectivity index (χ0n) is 14.1. The van der Waals surface area contributed by atoms with E-state index < -0.39 is 10.1 Å². The first-order valence-electron chi connectivity index (χ1n) is 8.18. The van der Waals surface area contributed by atoms with Crippen LogP contribution in [-0.4, -0.2) is 39.7 Å². The monoisotopic (exact) mass is 383 g/mol. The molecule has 1 fully saturated rings. The summed E-state index contributed by atoms with van der Waals surface area (Å²) in [5, 5.41) is 3.92. The minimum absolute atomic E-state index is 0.0523. The first-order valence-corrected chi connectivity index (χ1v) is 10.4. The molecule has 25 heavy (non-hydrogen) atoms. The molecule has 0 saturated heterocycles. The van der Waals surface area contributed by atoms with Gasteiger partial charge < -0.3 is 5.32 Å². The molecule has 136 valence electrons. The minimum Gasteiger partial charge on any atom is -0.307 e. The molecule has 7 heteroatoms.